The van der Waals surface area contributed by atoms with Gasteiger partial charge in [0, 0.05) is 13.0 Å². The van der Waals surface area contributed by atoms with Crippen molar-refractivity contribution in [3.05, 3.63) is 35.9 Å². The van der Waals surface area contributed by atoms with Crippen LogP contribution in [0, 0.1) is 11.8 Å². The third-order valence-corrected chi connectivity index (χ3v) is 13.2. The number of hydrogen-bond donors (Lipinski definition) is 5. The molecule has 0 radical (unpaired) electrons. The van der Waals surface area contributed by atoms with Crippen molar-refractivity contribution < 1.29 is 43.4 Å². The zero-order chi connectivity index (χ0) is 39.3. The number of ether oxygens (including phenoxy) is 1. The summed E-state index contributed by atoms with van der Waals surface area (Å²) in [4.78, 5) is 94.4. The number of aliphatic carboxylic acids is 1. The molecule has 14 nitrogen and oxygen atoms in total. The van der Waals surface area contributed by atoms with E-state index in [0.29, 0.717) is 24.8 Å². The van der Waals surface area contributed by atoms with Crippen molar-refractivity contribution in [2.75, 3.05) is 31.2 Å². The number of carbonyl (C=O) groups excluding carboxylic acids is 6. The molecule has 4 unspecified atom stereocenters. The van der Waals surface area contributed by atoms with E-state index in [0.717, 1.165) is 50.0 Å². The number of amides is 5. The highest BCUT2D eigenvalue weighted by atomic mass is 32.2. The van der Waals surface area contributed by atoms with Crippen LogP contribution in [0.1, 0.15) is 96.6 Å². The molecule has 1 aromatic rings. The van der Waals surface area contributed by atoms with Crippen LogP contribution in [-0.4, -0.2) is 105 Å². The van der Waals surface area contributed by atoms with Crippen LogP contribution < -0.4 is 21.3 Å². The van der Waals surface area contributed by atoms with Crippen molar-refractivity contribution in [3.8, 4) is 0 Å². The average Bonchev–Trinajstić information content (AvgIpc) is 3.54. The third-order valence-electron chi connectivity index (χ3n) is 9.90. The van der Waals surface area contributed by atoms with Crippen LogP contribution in [-0.2, 0) is 33.5 Å². The van der Waals surface area contributed by atoms with Crippen LogP contribution in [0.5, 0.6) is 0 Å². The minimum absolute atomic E-state index is 0.109. The monoisotopic (exact) mass is 789 g/mol. The first kappa shape index (κ1) is 42.9. The zero-order valence-corrected chi connectivity index (χ0v) is 33.1. The van der Waals surface area contributed by atoms with Gasteiger partial charge in [-0.3, -0.25) is 24.0 Å². The van der Waals surface area contributed by atoms with Crippen LogP contribution in [0.3, 0.4) is 0 Å². The van der Waals surface area contributed by atoms with E-state index in [1.165, 1.54) is 0 Å². The number of hydrogen-bond acceptors (Lipinski definition) is 10. The van der Waals surface area contributed by atoms with Gasteiger partial charge in [-0.25, -0.2) is 9.59 Å². The highest BCUT2D eigenvalue weighted by Crippen LogP contribution is 2.50. The minimum Gasteiger partial charge on any atom is -0.479 e. The maximum absolute atomic E-state index is 14.6. The lowest BCUT2D eigenvalue weighted by Gasteiger charge is -2.35. The van der Waals surface area contributed by atoms with Crippen LogP contribution in [0.4, 0.5) is 4.79 Å². The Morgan fingerprint density at radius 3 is 2.26 bits per heavy atom. The number of ketones is 1. The quantitative estimate of drug-likeness (QED) is 0.144. The maximum Gasteiger partial charge on any atom is 0.407 e. The highest BCUT2D eigenvalue weighted by molar-refractivity contribution is 8.18. The lowest BCUT2D eigenvalue weighted by molar-refractivity contribution is -0.144. The minimum atomic E-state index is -1.36. The van der Waals surface area contributed by atoms with E-state index in [-0.39, 0.29) is 37.3 Å². The Morgan fingerprint density at radius 1 is 0.944 bits per heavy atom. The molecule has 298 valence electrons. The van der Waals surface area contributed by atoms with Gasteiger partial charge in [-0.2, -0.15) is 0 Å². The van der Waals surface area contributed by atoms with Gasteiger partial charge in [-0.1, -0.05) is 83.2 Å². The average molecular weight is 790 g/mol. The van der Waals surface area contributed by atoms with E-state index in [4.69, 9.17) is 4.74 Å². The van der Waals surface area contributed by atoms with Gasteiger partial charge in [-0.15, -0.1) is 23.5 Å². The molecule has 0 aromatic heterocycles. The zero-order valence-electron chi connectivity index (χ0n) is 31.4. The summed E-state index contributed by atoms with van der Waals surface area (Å²) in [5.41, 5.74) is 0.334. The van der Waals surface area contributed by atoms with Crippen molar-refractivity contribution in [1.82, 2.24) is 26.2 Å². The van der Waals surface area contributed by atoms with E-state index in [2.05, 4.69) is 21.3 Å². The smallest absolute Gasteiger partial charge is 0.407 e. The second-order valence-corrected chi connectivity index (χ2v) is 17.9. The summed E-state index contributed by atoms with van der Waals surface area (Å²) in [7, 11) is 0. The normalized spacial score (nSPS) is 20.0. The molecule has 5 N–H and O–H groups in total. The molecule has 54 heavy (non-hydrogen) atoms. The fourth-order valence-corrected chi connectivity index (χ4v) is 10.4. The molecule has 2 heterocycles. The Hall–Kier alpha value is -3.79. The van der Waals surface area contributed by atoms with E-state index >= 15 is 0 Å². The number of thioether (sulfide) groups is 2. The van der Waals surface area contributed by atoms with Crippen LogP contribution in [0.2, 0.25) is 0 Å². The second-order valence-electron chi connectivity index (χ2n) is 14.7. The molecular formula is C38H55N5O9S2. The molecule has 4 atom stereocenters. The predicted molar refractivity (Wildman–Crippen MR) is 207 cm³/mol. The summed E-state index contributed by atoms with van der Waals surface area (Å²) in [5, 5.41) is 19.9. The third kappa shape index (κ3) is 12.1. The van der Waals surface area contributed by atoms with E-state index in [1.807, 2.05) is 20.8 Å². The molecule has 1 aromatic carbocycles. The predicted octanol–water partition coefficient (Wildman–Crippen LogP) is 3.79. The SMILES string of the molecule is CCCCC(NC(=O)C1CC2(CN1C(=O)C(NC(=O)OCC(C)C)C1CCCCC1)SCCCS2)C(=O)C(=O)NCC(=O)NC(C(=O)O)c1ccccc1. The Labute approximate surface area is 325 Å². The Morgan fingerprint density at radius 2 is 1.63 bits per heavy atom. The van der Waals surface area contributed by atoms with Gasteiger partial charge in [0.05, 0.1) is 23.3 Å². The molecule has 1 saturated carbocycles. The molecule has 1 aliphatic carbocycles. The summed E-state index contributed by atoms with van der Waals surface area (Å²) in [6.45, 7) is 5.58. The van der Waals surface area contributed by atoms with Crippen molar-refractivity contribution in [2.45, 2.75) is 113 Å². The summed E-state index contributed by atoms with van der Waals surface area (Å²) in [5.74, 6) is -3.36. The summed E-state index contributed by atoms with van der Waals surface area (Å²) in [6, 6.07) is 3.64. The highest BCUT2D eigenvalue weighted by Gasteiger charge is 2.52. The summed E-state index contributed by atoms with van der Waals surface area (Å²) in [6.07, 6.45) is 6.40. The molecule has 1 spiro atoms. The van der Waals surface area contributed by atoms with Crippen molar-refractivity contribution in [1.29, 1.82) is 0 Å². The number of carboxylic acid groups (broad SMARTS) is 1. The maximum atomic E-state index is 14.6. The van der Waals surface area contributed by atoms with Gasteiger partial charge in [0.25, 0.3) is 5.91 Å². The summed E-state index contributed by atoms with van der Waals surface area (Å²) < 4.78 is 4.97. The number of benzene rings is 1. The standard InChI is InChI=1S/C38H55N5O9S2/c1-4-5-17-27(32(45)34(47)39-21-29(44)41-31(36(49)50)26-15-10-7-11-16-26)40-33(46)28-20-38(53-18-12-19-54-38)23-43(28)35(48)30(25-13-8-6-9-14-25)42-37(51)52-22-24(2)3/h7,10-11,15-16,24-25,27-28,30-31H,4-6,8-9,12-14,17-23H2,1-3H3,(H,39,47)(H,40,46)(H,41,44)(H,42,51)(H,49,50). The first-order chi connectivity index (χ1) is 25.8. The Kier molecular flexibility index (Phi) is 16.5. The lowest BCUT2D eigenvalue weighted by atomic mass is 9.83. The van der Waals surface area contributed by atoms with Crippen LogP contribution in [0.15, 0.2) is 30.3 Å². The first-order valence-corrected chi connectivity index (χ1v) is 21.0. The Bertz CT molecular complexity index is 1480. The number of carboxylic acids is 1. The molecule has 3 aliphatic rings. The molecule has 0 bridgehead atoms. The van der Waals surface area contributed by atoms with Gasteiger partial charge >= 0.3 is 12.1 Å². The fraction of sp³-hybridized carbons (Fsp3) is 0.658. The fourth-order valence-electron chi connectivity index (χ4n) is 7.07. The molecule has 4 rings (SSSR count). The number of unbranched alkanes of at least 4 members (excludes halogenated alkanes) is 1. The lowest BCUT2D eigenvalue weighted by Crippen LogP contribution is -2.58. The van der Waals surface area contributed by atoms with Gasteiger partial charge in [-0.05, 0) is 54.6 Å². The molecule has 2 aliphatic heterocycles. The summed E-state index contributed by atoms with van der Waals surface area (Å²) >= 11 is 3.43. The van der Waals surface area contributed by atoms with E-state index in [1.54, 1.807) is 58.8 Å². The van der Waals surface area contributed by atoms with E-state index in [9.17, 15) is 38.7 Å². The second kappa shape index (κ2) is 20.8. The molecule has 5 amide bonds. The van der Waals surface area contributed by atoms with Gasteiger partial charge in [0.2, 0.25) is 23.5 Å². The van der Waals surface area contributed by atoms with Crippen molar-refractivity contribution >= 4 is 65.0 Å². The number of rotatable bonds is 17. The topological polar surface area (TPSA) is 200 Å². The Balaban J connectivity index is 1.49. The first-order valence-electron chi connectivity index (χ1n) is 19.0. The van der Waals surface area contributed by atoms with Crippen LogP contribution >= 0.6 is 23.5 Å². The van der Waals surface area contributed by atoms with Gasteiger partial charge in [0.15, 0.2) is 6.04 Å². The largest absolute Gasteiger partial charge is 0.479 e. The molecular weight excluding hydrogens is 735 g/mol. The molecule has 2 saturated heterocycles. The van der Waals surface area contributed by atoms with Crippen LogP contribution in [0.25, 0.3) is 0 Å². The van der Waals surface area contributed by atoms with Crippen molar-refractivity contribution in [2.24, 2.45) is 11.8 Å². The molecule has 3 fully saturated rings. The number of likely N-dealkylation sites (tertiary alicyclic amines) is 1. The number of Topliss-reactive ketones (excluding diaryl/α,β-unsaturated/α-hetero) is 1. The van der Waals surface area contributed by atoms with Crippen molar-refractivity contribution in [3.63, 3.8) is 0 Å². The van der Waals surface area contributed by atoms with Gasteiger partial charge in [0.1, 0.15) is 12.1 Å². The van der Waals surface area contributed by atoms with Gasteiger partial charge < -0.3 is 36.0 Å². The number of nitrogens with one attached hydrogen (secondary N) is 4. The molecule has 16 heteroatoms. The number of carbonyl (C=O) groups is 7. The number of alkyl carbamates (subject to hydrolysis) is 1. The number of nitrogens with zero attached hydrogens (tertiary/aromatic N) is 1. The van der Waals surface area contributed by atoms with E-state index < -0.39 is 70.4 Å².